The fourth-order valence-corrected chi connectivity index (χ4v) is 3.08. The van der Waals surface area contributed by atoms with E-state index in [1.807, 2.05) is 18.2 Å². The molecule has 8 heteroatoms. The zero-order chi connectivity index (χ0) is 19.8. The lowest BCUT2D eigenvalue weighted by molar-refractivity contribution is -0.384. The molecule has 0 atom stereocenters. The molecule has 1 aliphatic heterocycles. The number of hydrogen-bond donors (Lipinski definition) is 1. The number of carbonyl (C=O) groups excluding carboxylic acids is 1. The Morgan fingerprint density at radius 3 is 2.50 bits per heavy atom. The van der Waals surface area contributed by atoms with Crippen LogP contribution in [0.15, 0.2) is 59.7 Å². The molecule has 2 aromatic carbocycles. The van der Waals surface area contributed by atoms with Crippen molar-refractivity contribution in [1.29, 1.82) is 0 Å². The number of piperazine rings is 1. The Bertz CT molecular complexity index is 833. The first-order valence-electron chi connectivity index (χ1n) is 9.15. The van der Waals surface area contributed by atoms with Crippen LogP contribution in [0, 0.1) is 10.1 Å². The van der Waals surface area contributed by atoms with E-state index in [2.05, 4.69) is 32.5 Å². The van der Waals surface area contributed by atoms with E-state index in [9.17, 15) is 14.9 Å². The van der Waals surface area contributed by atoms with Crippen LogP contribution < -0.4 is 5.43 Å². The number of non-ortho nitro benzene ring substituents is 1. The largest absolute Gasteiger partial charge is 0.297 e. The standard InChI is InChI=1S/C20H23N5O3/c26-20(22-21-14-18-7-4-8-19(13-18)25(27)28)16-24-11-9-23(10-12-24)15-17-5-2-1-3-6-17/h1-8,13-14H,9-12,15-16H2,(H,22,26). The highest BCUT2D eigenvalue weighted by molar-refractivity contribution is 5.83. The van der Waals surface area contributed by atoms with E-state index in [1.54, 1.807) is 12.1 Å². The molecule has 1 aliphatic rings. The second kappa shape index (κ2) is 9.72. The first-order chi connectivity index (χ1) is 13.6. The highest BCUT2D eigenvalue weighted by atomic mass is 16.6. The monoisotopic (exact) mass is 381 g/mol. The van der Waals surface area contributed by atoms with Crippen LogP contribution in [0.5, 0.6) is 0 Å². The summed E-state index contributed by atoms with van der Waals surface area (Å²) in [6.45, 7) is 4.70. The summed E-state index contributed by atoms with van der Waals surface area (Å²) in [7, 11) is 0. The quantitative estimate of drug-likeness (QED) is 0.449. The number of hydrogen-bond acceptors (Lipinski definition) is 6. The number of hydrazone groups is 1. The van der Waals surface area contributed by atoms with Gasteiger partial charge in [0.25, 0.3) is 11.6 Å². The minimum absolute atomic E-state index is 0.0105. The third-order valence-electron chi connectivity index (χ3n) is 4.57. The van der Waals surface area contributed by atoms with E-state index < -0.39 is 4.92 Å². The third kappa shape index (κ3) is 5.97. The Morgan fingerprint density at radius 1 is 1.07 bits per heavy atom. The van der Waals surface area contributed by atoms with Gasteiger partial charge in [-0.25, -0.2) is 5.43 Å². The highest BCUT2D eigenvalue weighted by Gasteiger charge is 2.18. The second-order valence-electron chi connectivity index (χ2n) is 6.68. The fourth-order valence-electron chi connectivity index (χ4n) is 3.08. The number of nitro benzene ring substituents is 1. The lowest BCUT2D eigenvalue weighted by atomic mass is 10.2. The van der Waals surface area contributed by atoms with Crippen LogP contribution in [-0.4, -0.2) is 59.6 Å². The smallest absolute Gasteiger partial charge is 0.270 e. The molecule has 0 spiro atoms. The summed E-state index contributed by atoms with van der Waals surface area (Å²) in [6, 6.07) is 16.4. The molecule has 0 unspecified atom stereocenters. The number of amides is 1. The molecule has 0 bridgehead atoms. The number of benzene rings is 2. The number of nitrogens with one attached hydrogen (secondary N) is 1. The molecular formula is C20H23N5O3. The lowest BCUT2D eigenvalue weighted by Gasteiger charge is -2.34. The topological polar surface area (TPSA) is 91.1 Å². The lowest BCUT2D eigenvalue weighted by Crippen LogP contribution is -2.48. The number of nitro groups is 1. The number of carbonyl (C=O) groups is 1. The van der Waals surface area contributed by atoms with Gasteiger partial charge in [0.1, 0.15) is 0 Å². The summed E-state index contributed by atoms with van der Waals surface area (Å²) in [5.74, 6) is -0.196. The van der Waals surface area contributed by atoms with Crippen LogP contribution in [0.3, 0.4) is 0 Å². The van der Waals surface area contributed by atoms with E-state index >= 15 is 0 Å². The summed E-state index contributed by atoms with van der Waals surface area (Å²) in [6.07, 6.45) is 1.41. The Morgan fingerprint density at radius 2 is 1.79 bits per heavy atom. The Hall–Kier alpha value is -3.10. The van der Waals surface area contributed by atoms with Gasteiger partial charge in [-0.15, -0.1) is 0 Å². The van der Waals surface area contributed by atoms with Gasteiger partial charge in [0.2, 0.25) is 0 Å². The zero-order valence-corrected chi connectivity index (χ0v) is 15.5. The molecule has 2 aromatic rings. The zero-order valence-electron chi connectivity index (χ0n) is 15.5. The maximum Gasteiger partial charge on any atom is 0.270 e. The van der Waals surface area contributed by atoms with Crippen LogP contribution >= 0.6 is 0 Å². The van der Waals surface area contributed by atoms with Gasteiger partial charge >= 0.3 is 0 Å². The molecule has 0 aromatic heterocycles. The first-order valence-corrected chi connectivity index (χ1v) is 9.15. The molecule has 8 nitrogen and oxygen atoms in total. The maximum atomic E-state index is 12.1. The molecule has 146 valence electrons. The van der Waals surface area contributed by atoms with Crippen molar-refractivity contribution in [2.75, 3.05) is 32.7 Å². The Labute approximate surface area is 163 Å². The number of rotatable bonds is 7. The van der Waals surface area contributed by atoms with Crippen molar-refractivity contribution in [3.8, 4) is 0 Å². The number of nitrogens with zero attached hydrogens (tertiary/aromatic N) is 4. The minimum Gasteiger partial charge on any atom is -0.297 e. The third-order valence-corrected chi connectivity index (χ3v) is 4.57. The van der Waals surface area contributed by atoms with Crippen LogP contribution in [0.4, 0.5) is 5.69 Å². The van der Waals surface area contributed by atoms with Crippen molar-refractivity contribution in [2.24, 2.45) is 5.10 Å². The van der Waals surface area contributed by atoms with Crippen molar-refractivity contribution < 1.29 is 9.72 Å². The maximum absolute atomic E-state index is 12.1. The van der Waals surface area contributed by atoms with Crippen molar-refractivity contribution in [3.05, 3.63) is 75.8 Å². The van der Waals surface area contributed by atoms with Gasteiger partial charge in [-0.1, -0.05) is 42.5 Å². The SMILES string of the molecule is O=C(CN1CCN(Cc2ccccc2)CC1)NN=Cc1cccc([N+](=O)[O-])c1. The normalized spacial score (nSPS) is 15.6. The molecule has 0 saturated carbocycles. The Kier molecular flexibility index (Phi) is 6.83. The van der Waals surface area contributed by atoms with Gasteiger partial charge in [-0.3, -0.25) is 24.7 Å². The summed E-state index contributed by atoms with van der Waals surface area (Å²) in [4.78, 5) is 26.8. The predicted octanol–water partition coefficient (Wildman–Crippen LogP) is 1.86. The van der Waals surface area contributed by atoms with Gasteiger partial charge in [-0.2, -0.15) is 5.10 Å². The van der Waals surface area contributed by atoms with Gasteiger partial charge in [0.15, 0.2) is 0 Å². The molecule has 1 amide bonds. The van der Waals surface area contributed by atoms with Crippen LogP contribution in [-0.2, 0) is 11.3 Å². The average molecular weight is 381 g/mol. The second-order valence-corrected chi connectivity index (χ2v) is 6.68. The fraction of sp³-hybridized carbons (Fsp3) is 0.300. The summed E-state index contributed by atoms with van der Waals surface area (Å²) in [5, 5.41) is 14.7. The molecular weight excluding hydrogens is 358 g/mol. The van der Waals surface area contributed by atoms with E-state index in [-0.39, 0.29) is 18.1 Å². The van der Waals surface area contributed by atoms with E-state index in [4.69, 9.17) is 0 Å². The van der Waals surface area contributed by atoms with Gasteiger partial charge in [0, 0.05) is 50.4 Å². The predicted molar refractivity (Wildman–Crippen MR) is 107 cm³/mol. The summed E-state index contributed by atoms with van der Waals surface area (Å²) >= 11 is 0. The molecule has 1 saturated heterocycles. The average Bonchev–Trinajstić information content (AvgIpc) is 2.70. The summed E-state index contributed by atoms with van der Waals surface area (Å²) < 4.78 is 0. The highest BCUT2D eigenvalue weighted by Crippen LogP contribution is 2.11. The van der Waals surface area contributed by atoms with Gasteiger partial charge in [0.05, 0.1) is 17.7 Å². The first kappa shape index (κ1) is 19.7. The van der Waals surface area contributed by atoms with Crippen LogP contribution in [0.1, 0.15) is 11.1 Å². The van der Waals surface area contributed by atoms with E-state index in [1.165, 1.54) is 23.9 Å². The van der Waals surface area contributed by atoms with Crippen LogP contribution in [0.25, 0.3) is 0 Å². The molecule has 3 rings (SSSR count). The van der Waals surface area contributed by atoms with Gasteiger partial charge < -0.3 is 0 Å². The molecule has 0 aliphatic carbocycles. The van der Waals surface area contributed by atoms with E-state index in [0.29, 0.717) is 5.56 Å². The van der Waals surface area contributed by atoms with Crippen molar-refractivity contribution >= 4 is 17.8 Å². The molecule has 1 N–H and O–H groups in total. The van der Waals surface area contributed by atoms with Crippen molar-refractivity contribution in [2.45, 2.75) is 6.54 Å². The van der Waals surface area contributed by atoms with Gasteiger partial charge in [-0.05, 0) is 5.56 Å². The van der Waals surface area contributed by atoms with Crippen molar-refractivity contribution in [1.82, 2.24) is 15.2 Å². The molecule has 1 heterocycles. The van der Waals surface area contributed by atoms with Crippen LogP contribution in [0.2, 0.25) is 0 Å². The molecule has 28 heavy (non-hydrogen) atoms. The summed E-state index contributed by atoms with van der Waals surface area (Å²) in [5.41, 5.74) is 4.33. The van der Waals surface area contributed by atoms with Crippen molar-refractivity contribution in [3.63, 3.8) is 0 Å². The minimum atomic E-state index is -0.465. The molecule has 0 radical (unpaired) electrons. The Balaban J connectivity index is 1.40. The molecule has 1 fully saturated rings. The van der Waals surface area contributed by atoms with E-state index in [0.717, 1.165) is 32.7 Å².